The Kier molecular flexibility index (Phi) is 2.75. The number of carbonyl (C=O) groups is 1. The van der Waals surface area contributed by atoms with Crippen molar-refractivity contribution >= 4 is 5.91 Å². The molecule has 15 heavy (non-hydrogen) atoms. The van der Waals surface area contributed by atoms with E-state index >= 15 is 0 Å². The first kappa shape index (κ1) is 10.9. The average molecular weight is 211 g/mol. The van der Waals surface area contributed by atoms with Crippen LogP contribution in [0.1, 0.15) is 46.0 Å². The van der Waals surface area contributed by atoms with Crippen molar-refractivity contribution in [3.63, 3.8) is 0 Å². The van der Waals surface area contributed by atoms with Gasteiger partial charge in [-0.3, -0.25) is 4.79 Å². The molecule has 1 saturated heterocycles. The van der Waals surface area contributed by atoms with Crippen molar-refractivity contribution in [3.8, 4) is 0 Å². The molecule has 0 aromatic carbocycles. The summed E-state index contributed by atoms with van der Waals surface area (Å²) >= 11 is 0. The highest BCUT2D eigenvalue weighted by molar-refractivity contribution is 5.80. The molecular formula is C12H21NO2. The molecule has 0 aromatic heterocycles. The van der Waals surface area contributed by atoms with E-state index in [2.05, 4.69) is 13.8 Å². The van der Waals surface area contributed by atoms with Gasteiger partial charge in [0.25, 0.3) is 0 Å². The molecule has 3 nitrogen and oxygen atoms in total. The highest BCUT2D eigenvalue weighted by Gasteiger charge is 2.40. The van der Waals surface area contributed by atoms with Gasteiger partial charge in [-0.1, -0.05) is 6.42 Å². The molecule has 1 amide bonds. The van der Waals surface area contributed by atoms with E-state index in [9.17, 15) is 9.90 Å². The molecule has 1 saturated carbocycles. The third-order valence-electron chi connectivity index (χ3n) is 3.93. The molecule has 0 spiro atoms. The first-order valence-corrected chi connectivity index (χ1v) is 6.00. The van der Waals surface area contributed by atoms with Crippen molar-refractivity contribution in [2.24, 2.45) is 5.92 Å². The summed E-state index contributed by atoms with van der Waals surface area (Å²) in [5, 5.41) is 9.64. The maximum Gasteiger partial charge on any atom is 0.226 e. The fourth-order valence-corrected chi connectivity index (χ4v) is 2.47. The summed E-state index contributed by atoms with van der Waals surface area (Å²) < 4.78 is 0. The molecule has 0 radical (unpaired) electrons. The minimum Gasteiger partial charge on any atom is -0.391 e. The van der Waals surface area contributed by atoms with Gasteiger partial charge in [0, 0.05) is 18.0 Å². The van der Waals surface area contributed by atoms with Crippen LogP contribution in [0.4, 0.5) is 0 Å². The Bertz CT molecular complexity index is 258. The number of nitrogens with zero attached hydrogens (tertiary/aromatic N) is 1. The molecule has 2 fully saturated rings. The van der Waals surface area contributed by atoms with E-state index < -0.39 is 0 Å². The van der Waals surface area contributed by atoms with Gasteiger partial charge in [0.1, 0.15) is 0 Å². The maximum atomic E-state index is 12.2. The van der Waals surface area contributed by atoms with Crippen LogP contribution in [0.3, 0.4) is 0 Å². The zero-order chi connectivity index (χ0) is 11.1. The highest BCUT2D eigenvalue weighted by Crippen LogP contribution is 2.34. The molecule has 1 unspecified atom stereocenters. The van der Waals surface area contributed by atoms with Gasteiger partial charge in [-0.2, -0.15) is 0 Å². The number of piperidine rings is 1. The van der Waals surface area contributed by atoms with Gasteiger partial charge in [0.2, 0.25) is 5.91 Å². The van der Waals surface area contributed by atoms with E-state index in [-0.39, 0.29) is 23.5 Å². The zero-order valence-corrected chi connectivity index (χ0v) is 9.70. The minimum absolute atomic E-state index is 0.0636. The van der Waals surface area contributed by atoms with Crippen molar-refractivity contribution in [1.29, 1.82) is 0 Å². The second kappa shape index (κ2) is 3.78. The molecule has 86 valence electrons. The van der Waals surface area contributed by atoms with E-state index in [1.807, 2.05) is 4.90 Å². The Balaban J connectivity index is 2.06. The molecule has 1 aliphatic carbocycles. The molecular weight excluding hydrogens is 190 g/mol. The van der Waals surface area contributed by atoms with Crippen LogP contribution in [0.5, 0.6) is 0 Å². The van der Waals surface area contributed by atoms with Crippen molar-refractivity contribution in [2.45, 2.75) is 57.6 Å². The summed E-state index contributed by atoms with van der Waals surface area (Å²) in [7, 11) is 0. The second-order valence-corrected chi connectivity index (χ2v) is 5.58. The zero-order valence-electron chi connectivity index (χ0n) is 9.70. The van der Waals surface area contributed by atoms with Gasteiger partial charge in [-0.15, -0.1) is 0 Å². The second-order valence-electron chi connectivity index (χ2n) is 5.58. The highest BCUT2D eigenvalue weighted by atomic mass is 16.3. The summed E-state index contributed by atoms with van der Waals surface area (Å²) in [5.74, 6) is 0.513. The molecule has 1 heterocycles. The third kappa shape index (κ3) is 2.03. The van der Waals surface area contributed by atoms with Crippen LogP contribution in [0.2, 0.25) is 0 Å². The SMILES string of the molecule is CC1(C)CCC(O)CN1C(=O)C1CCC1. The minimum atomic E-state index is -0.318. The van der Waals surface area contributed by atoms with E-state index in [4.69, 9.17) is 0 Å². The smallest absolute Gasteiger partial charge is 0.226 e. The first-order valence-electron chi connectivity index (χ1n) is 6.00. The topological polar surface area (TPSA) is 40.5 Å². The molecule has 1 aliphatic heterocycles. The van der Waals surface area contributed by atoms with E-state index in [0.717, 1.165) is 25.7 Å². The Labute approximate surface area is 91.5 Å². The third-order valence-corrected chi connectivity index (χ3v) is 3.93. The lowest BCUT2D eigenvalue weighted by Gasteiger charge is -2.46. The van der Waals surface area contributed by atoms with Gasteiger partial charge < -0.3 is 10.0 Å². The number of hydrogen-bond donors (Lipinski definition) is 1. The number of rotatable bonds is 1. The van der Waals surface area contributed by atoms with Crippen LogP contribution in [0.25, 0.3) is 0 Å². The predicted molar refractivity (Wildman–Crippen MR) is 58.4 cm³/mol. The van der Waals surface area contributed by atoms with Gasteiger partial charge in [-0.05, 0) is 39.5 Å². The van der Waals surface area contributed by atoms with Crippen LogP contribution >= 0.6 is 0 Å². The molecule has 1 N–H and O–H groups in total. The molecule has 2 rings (SSSR count). The number of likely N-dealkylation sites (tertiary alicyclic amines) is 1. The van der Waals surface area contributed by atoms with Crippen molar-refractivity contribution in [2.75, 3.05) is 6.54 Å². The van der Waals surface area contributed by atoms with Crippen LogP contribution in [0, 0.1) is 5.92 Å². The van der Waals surface area contributed by atoms with Crippen LogP contribution < -0.4 is 0 Å². The molecule has 2 aliphatic rings. The monoisotopic (exact) mass is 211 g/mol. The van der Waals surface area contributed by atoms with E-state index in [1.165, 1.54) is 6.42 Å². The fourth-order valence-electron chi connectivity index (χ4n) is 2.47. The normalized spacial score (nSPS) is 31.1. The Hall–Kier alpha value is -0.570. The quantitative estimate of drug-likeness (QED) is 0.715. The van der Waals surface area contributed by atoms with Gasteiger partial charge in [0.05, 0.1) is 6.10 Å². The summed E-state index contributed by atoms with van der Waals surface area (Å²) in [6.45, 7) is 4.74. The number of amides is 1. The lowest BCUT2D eigenvalue weighted by Crippen LogP contribution is -2.57. The standard InChI is InChI=1S/C12H21NO2/c1-12(2)7-6-10(14)8-13(12)11(15)9-4-3-5-9/h9-10,14H,3-8H2,1-2H3. The van der Waals surface area contributed by atoms with Crippen LogP contribution in [0.15, 0.2) is 0 Å². The van der Waals surface area contributed by atoms with Crippen molar-refractivity contribution in [3.05, 3.63) is 0 Å². The van der Waals surface area contributed by atoms with Gasteiger partial charge >= 0.3 is 0 Å². The largest absolute Gasteiger partial charge is 0.391 e. The summed E-state index contributed by atoms with van der Waals surface area (Å²) in [6.07, 6.45) is 4.69. The predicted octanol–water partition coefficient (Wildman–Crippen LogP) is 1.55. The maximum absolute atomic E-state index is 12.2. The molecule has 0 bridgehead atoms. The average Bonchev–Trinajstić information content (AvgIpc) is 2.06. The number of β-amino-alcohol motifs (C(OH)–C–C–N with tert-alkyl or cyclic N) is 1. The van der Waals surface area contributed by atoms with Crippen LogP contribution in [-0.4, -0.2) is 34.1 Å². The van der Waals surface area contributed by atoms with Crippen molar-refractivity contribution < 1.29 is 9.90 Å². The summed E-state index contributed by atoms with van der Waals surface area (Å²) in [5.41, 5.74) is -0.0636. The molecule has 3 heteroatoms. The molecule has 0 aromatic rings. The van der Waals surface area contributed by atoms with E-state index in [1.54, 1.807) is 0 Å². The number of hydrogen-bond acceptors (Lipinski definition) is 2. The lowest BCUT2D eigenvalue weighted by atomic mass is 9.81. The Morgan fingerprint density at radius 2 is 2.00 bits per heavy atom. The fraction of sp³-hybridized carbons (Fsp3) is 0.917. The summed E-state index contributed by atoms with van der Waals surface area (Å²) in [6, 6.07) is 0. The number of aliphatic hydroxyl groups excluding tert-OH is 1. The number of carbonyl (C=O) groups excluding carboxylic acids is 1. The number of aliphatic hydroxyl groups is 1. The van der Waals surface area contributed by atoms with Gasteiger partial charge in [-0.25, -0.2) is 0 Å². The Morgan fingerprint density at radius 3 is 2.53 bits per heavy atom. The van der Waals surface area contributed by atoms with E-state index in [0.29, 0.717) is 6.54 Å². The van der Waals surface area contributed by atoms with Crippen LogP contribution in [-0.2, 0) is 4.79 Å². The molecule has 1 atom stereocenters. The first-order chi connectivity index (χ1) is 7.00. The van der Waals surface area contributed by atoms with Crippen molar-refractivity contribution in [1.82, 2.24) is 4.90 Å². The Morgan fingerprint density at radius 1 is 1.33 bits per heavy atom. The lowest BCUT2D eigenvalue weighted by molar-refractivity contribution is -0.149. The van der Waals surface area contributed by atoms with Gasteiger partial charge in [0.15, 0.2) is 0 Å². The summed E-state index contributed by atoms with van der Waals surface area (Å²) in [4.78, 5) is 14.1.